The van der Waals surface area contributed by atoms with E-state index in [-0.39, 0.29) is 22.3 Å². The molecule has 1 aromatic heterocycles. The molecule has 1 aromatic carbocycles. The first kappa shape index (κ1) is 23.6. The van der Waals surface area contributed by atoms with Crippen molar-refractivity contribution in [1.29, 1.82) is 0 Å². The van der Waals surface area contributed by atoms with Gasteiger partial charge in [0.25, 0.3) is 0 Å². The molecule has 1 aliphatic rings. The van der Waals surface area contributed by atoms with Crippen molar-refractivity contribution in [3.05, 3.63) is 48.3 Å². The largest absolute Gasteiger partial charge is 0.493 e. The van der Waals surface area contributed by atoms with Crippen LogP contribution in [0.25, 0.3) is 0 Å². The van der Waals surface area contributed by atoms with Gasteiger partial charge in [0.15, 0.2) is 0 Å². The lowest BCUT2D eigenvalue weighted by Gasteiger charge is -2.31. The highest BCUT2D eigenvalue weighted by atomic mass is 32.2. The van der Waals surface area contributed by atoms with Gasteiger partial charge in [0, 0.05) is 32.0 Å². The van der Waals surface area contributed by atoms with E-state index in [4.69, 9.17) is 4.74 Å². The molecule has 0 saturated carbocycles. The molecule has 1 N–H and O–H groups in total. The van der Waals surface area contributed by atoms with Crippen molar-refractivity contribution < 1.29 is 21.6 Å². The summed E-state index contributed by atoms with van der Waals surface area (Å²) in [6.07, 6.45) is 4.93. The van der Waals surface area contributed by atoms with Crippen LogP contribution in [-0.4, -0.2) is 52.4 Å². The fourth-order valence-corrected chi connectivity index (χ4v) is 6.11. The molecule has 0 atom stereocenters. The van der Waals surface area contributed by atoms with Gasteiger partial charge < -0.3 is 4.74 Å². The van der Waals surface area contributed by atoms with Crippen LogP contribution in [0.5, 0.6) is 5.75 Å². The van der Waals surface area contributed by atoms with Crippen LogP contribution in [0.1, 0.15) is 31.7 Å². The van der Waals surface area contributed by atoms with Crippen LogP contribution in [0.15, 0.2) is 52.5 Å². The molecule has 1 fully saturated rings. The van der Waals surface area contributed by atoms with Gasteiger partial charge in [0.2, 0.25) is 20.0 Å². The first-order chi connectivity index (χ1) is 14.7. The van der Waals surface area contributed by atoms with Gasteiger partial charge in [-0.1, -0.05) is 6.92 Å². The summed E-state index contributed by atoms with van der Waals surface area (Å²) in [4.78, 5) is 4.26. The molecule has 31 heavy (non-hydrogen) atoms. The van der Waals surface area contributed by atoms with E-state index in [0.29, 0.717) is 38.3 Å². The van der Waals surface area contributed by atoms with Gasteiger partial charge in [0.05, 0.1) is 11.5 Å². The Morgan fingerprint density at radius 2 is 1.87 bits per heavy atom. The van der Waals surface area contributed by atoms with Crippen molar-refractivity contribution in [2.75, 3.05) is 26.2 Å². The Morgan fingerprint density at radius 1 is 1.13 bits per heavy atom. The maximum absolute atomic E-state index is 12.7. The molecule has 1 saturated heterocycles. The monoisotopic (exact) mass is 467 g/mol. The Labute approximate surface area is 184 Å². The summed E-state index contributed by atoms with van der Waals surface area (Å²) in [6, 6.07) is 7.96. The Hall–Kier alpha value is -2.01. The van der Waals surface area contributed by atoms with E-state index in [2.05, 4.69) is 9.71 Å². The minimum atomic E-state index is -3.65. The third-order valence-corrected chi connectivity index (χ3v) is 8.63. The number of hydrogen-bond acceptors (Lipinski definition) is 6. The highest BCUT2D eigenvalue weighted by Crippen LogP contribution is 2.25. The zero-order chi connectivity index (χ0) is 22.5. The van der Waals surface area contributed by atoms with Crippen LogP contribution in [0.2, 0.25) is 0 Å². The van der Waals surface area contributed by atoms with Gasteiger partial charge in [-0.05, 0) is 68.0 Å². The second-order valence-electron chi connectivity index (χ2n) is 7.66. The Bertz CT molecular complexity index is 1080. The molecule has 0 spiro atoms. The second kappa shape index (κ2) is 10.1. The Morgan fingerprint density at radius 3 is 2.48 bits per heavy atom. The van der Waals surface area contributed by atoms with Crippen molar-refractivity contribution in [2.45, 2.75) is 42.9 Å². The van der Waals surface area contributed by atoms with E-state index in [0.717, 1.165) is 12.0 Å². The lowest BCUT2D eigenvalue weighted by Crippen LogP contribution is -2.41. The van der Waals surface area contributed by atoms with Gasteiger partial charge in [-0.15, -0.1) is 0 Å². The first-order valence-electron chi connectivity index (χ1n) is 10.4. The summed E-state index contributed by atoms with van der Waals surface area (Å²) in [5, 5.41) is 0. The van der Waals surface area contributed by atoms with Crippen molar-refractivity contribution in [1.82, 2.24) is 14.0 Å². The number of nitrogens with zero attached hydrogens (tertiary/aromatic N) is 2. The van der Waals surface area contributed by atoms with Crippen LogP contribution in [0.4, 0.5) is 0 Å². The van der Waals surface area contributed by atoms with Gasteiger partial charge in [0.1, 0.15) is 10.6 Å². The maximum Gasteiger partial charge on any atom is 0.244 e. The highest BCUT2D eigenvalue weighted by molar-refractivity contribution is 7.89. The van der Waals surface area contributed by atoms with Crippen LogP contribution in [-0.2, 0) is 20.0 Å². The number of ether oxygens (including phenoxy) is 1. The molecule has 3 rings (SSSR count). The lowest BCUT2D eigenvalue weighted by molar-refractivity contribution is 0.274. The van der Waals surface area contributed by atoms with Crippen molar-refractivity contribution in [3.8, 4) is 5.75 Å². The van der Waals surface area contributed by atoms with E-state index in [1.54, 1.807) is 24.3 Å². The second-order valence-corrected chi connectivity index (χ2v) is 11.4. The normalized spacial score (nSPS) is 16.3. The fraction of sp³-hybridized carbons (Fsp3) is 0.476. The van der Waals surface area contributed by atoms with E-state index < -0.39 is 20.0 Å². The molecular formula is C21H29N3O5S2. The smallest absolute Gasteiger partial charge is 0.244 e. The molecule has 2 aromatic rings. The van der Waals surface area contributed by atoms with Crippen molar-refractivity contribution >= 4 is 20.0 Å². The summed E-state index contributed by atoms with van der Waals surface area (Å²) in [6.45, 7) is 5.40. The van der Waals surface area contributed by atoms with Gasteiger partial charge in [-0.2, -0.15) is 4.31 Å². The quantitative estimate of drug-likeness (QED) is 0.608. The van der Waals surface area contributed by atoms with Crippen molar-refractivity contribution in [3.63, 3.8) is 0 Å². The van der Waals surface area contributed by atoms with Gasteiger partial charge >= 0.3 is 0 Å². The molecule has 0 radical (unpaired) electrons. The number of rotatable bonds is 9. The molecule has 1 aliphatic heterocycles. The van der Waals surface area contributed by atoms with Crippen LogP contribution in [0.3, 0.4) is 0 Å². The highest BCUT2D eigenvalue weighted by Gasteiger charge is 2.30. The van der Waals surface area contributed by atoms with Gasteiger partial charge in [-0.3, -0.25) is 4.98 Å². The predicted molar refractivity (Wildman–Crippen MR) is 118 cm³/mol. The predicted octanol–water partition coefficient (Wildman–Crippen LogP) is 2.56. The Balaban J connectivity index is 1.56. The van der Waals surface area contributed by atoms with E-state index >= 15 is 0 Å². The number of sulfonamides is 2. The lowest BCUT2D eigenvalue weighted by atomic mass is 9.99. The number of aryl methyl sites for hydroxylation is 1. The van der Waals surface area contributed by atoms with E-state index in [9.17, 15) is 16.8 Å². The standard InChI is InChI=1S/C21H29N3O5S2/c1-3-13-29-21-7-6-19(14-17(21)2)30(25,26)23-15-18-8-11-24(12-9-18)31(27,28)20-5-4-10-22-16-20/h4-7,10,14,16,18,23H,3,8-9,11-13,15H2,1-2H3. The molecule has 0 amide bonds. The third-order valence-electron chi connectivity index (χ3n) is 5.33. The molecule has 2 heterocycles. The summed E-state index contributed by atoms with van der Waals surface area (Å²) in [5.74, 6) is 0.756. The average molecular weight is 468 g/mol. The minimum Gasteiger partial charge on any atom is -0.493 e. The number of piperidine rings is 1. The summed E-state index contributed by atoms with van der Waals surface area (Å²) in [7, 11) is -7.22. The molecule has 8 nitrogen and oxygen atoms in total. The topological polar surface area (TPSA) is 106 Å². The average Bonchev–Trinajstić information content (AvgIpc) is 2.78. The molecule has 0 aliphatic carbocycles. The fourth-order valence-electron chi connectivity index (χ4n) is 3.48. The zero-order valence-corrected chi connectivity index (χ0v) is 19.5. The van der Waals surface area contributed by atoms with E-state index in [1.165, 1.54) is 22.8 Å². The molecular weight excluding hydrogens is 438 g/mol. The maximum atomic E-state index is 12.7. The number of aromatic nitrogens is 1. The van der Waals surface area contributed by atoms with E-state index in [1.807, 2.05) is 13.8 Å². The number of pyridine rings is 1. The molecule has 170 valence electrons. The Kier molecular flexibility index (Phi) is 7.68. The zero-order valence-electron chi connectivity index (χ0n) is 17.8. The molecule has 0 unspecified atom stereocenters. The number of hydrogen-bond donors (Lipinski definition) is 1. The van der Waals surface area contributed by atoms with Crippen LogP contribution in [0, 0.1) is 12.8 Å². The van der Waals surface area contributed by atoms with Crippen LogP contribution < -0.4 is 9.46 Å². The number of nitrogens with one attached hydrogen (secondary N) is 1. The SMILES string of the molecule is CCCOc1ccc(S(=O)(=O)NCC2CCN(S(=O)(=O)c3cccnc3)CC2)cc1C. The molecule has 0 bridgehead atoms. The van der Waals surface area contributed by atoms with Crippen molar-refractivity contribution in [2.24, 2.45) is 5.92 Å². The van der Waals surface area contributed by atoms with Crippen LogP contribution >= 0.6 is 0 Å². The summed E-state index contributed by atoms with van der Waals surface area (Å²) in [5.41, 5.74) is 0.769. The minimum absolute atomic E-state index is 0.0726. The summed E-state index contributed by atoms with van der Waals surface area (Å²) < 4.78 is 60.5. The van der Waals surface area contributed by atoms with Gasteiger partial charge in [-0.25, -0.2) is 21.6 Å². The first-order valence-corrected chi connectivity index (χ1v) is 13.3. The summed E-state index contributed by atoms with van der Waals surface area (Å²) >= 11 is 0. The third kappa shape index (κ3) is 5.82. The number of benzene rings is 1. The molecule has 10 heteroatoms.